The molecule has 0 aromatic carbocycles. The summed E-state index contributed by atoms with van der Waals surface area (Å²) < 4.78 is 0. The van der Waals surface area contributed by atoms with Gasteiger partial charge in [-0.25, -0.2) is 0 Å². The third kappa shape index (κ3) is 2.47. The standard InChI is InChI=1S/C23H31N.C4H8/c1-3-23-7-6-15-16-5-4-14(24)10-20(16)22(8-9-22)12-19(15)21(23)18-11-17(18)13(23)2;1-3-4-2/h3,10,13,15-19,21,24H,1,4-9,11-12H2,2H3;3H,1,4H2,2H3. The van der Waals surface area contributed by atoms with E-state index in [1.165, 1.54) is 44.9 Å². The number of hydrogen-bond acceptors (Lipinski definition) is 1. The molecule has 6 rings (SSSR count). The van der Waals surface area contributed by atoms with Crippen LogP contribution in [0.25, 0.3) is 0 Å². The van der Waals surface area contributed by atoms with Gasteiger partial charge in [0, 0.05) is 5.71 Å². The quantitative estimate of drug-likeness (QED) is 0.492. The van der Waals surface area contributed by atoms with Crippen molar-refractivity contribution in [3.05, 3.63) is 37.0 Å². The molecule has 0 radical (unpaired) electrons. The van der Waals surface area contributed by atoms with Gasteiger partial charge in [0.15, 0.2) is 0 Å². The van der Waals surface area contributed by atoms with Gasteiger partial charge >= 0.3 is 0 Å². The van der Waals surface area contributed by atoms with Gasteiger partial charge < -0.3 is 5.41 Å². The topological polar surface area (TPSA) is 23.9 Å². The second-order valence-corrected chi connectivity index (χ2v) is 11.0. The minimum atomic E-state index is 0.480. The summed E-state index contributed by atoms with van der Waals surface area (Å²) in [6, 6.07) is 0. The lowest BCUT2D eigenvalue weighted by Gasteiger charge is -2.57. The third-order valence-electron chi connectivity index (χ3n) is 10.1. The molecule has 0 saturated heterocycles. The molecule has 28 heavy (non-hydrogen) atoms. The summed E-state index contributed by atoms with van der Waals surface area (Å²) in [5.74, 6) is 6.63. The first-order valence-electron chi connectivity index (χ1n) is 12.1. The zero-order valence-corrected chi connectivity index (χ0v) is 18.1. The van der Waals surface area contributed by atoms with E-state index >= 15 is 0 Å². The predicted octanol–water partition coefficient (Wildman–Crippen LogP) is 7.21. The van der Waals surface area contributed by atoms with Gasteiger partial charge in [0.2, 0.25) is 0 Å². The largest absolute Gasteiger partial charge is 0.305 e. The predicted molar refractivity (Wildman–Crippen MR) is 118 cm³/mol. The highest BCUT2D eigenvalue weighted by Crippen LogP contribution is 2.77. The highest BCUT2D eigenvalue weighted by atomic mass is 14.7. The second-order valence-electron chi connectivity index (χ2n) is 11.0. The van der Waals surface area contributed by atoms with Crippen LogP contribution in [0.1, 0.15) is 71.6 Å². The first-order chi connectivity index (χ1) is 13.5. The van der Waals surface area contributed by atoms with Crippen molar-refractivity contribution in [1.29, 1.82) is 5.41 Å². The van der Waals surface area contributed by atoms with E-state index < -0.39 is 0 Å². The van der Waals surface area contributed by atoms with Crippen molar-refractivity contribution < 1.29 is 0 Å². The number of rotatable bonds is 2. The Hall–Kier alpha value is -1.11. The Morgan fingerprint density at radius 1 is 1.11 bits per heavy atom. The molecule has 5 saturated carbocycles. The molecular weight excluding hydrogens is 338 g/mol. The number of nitrogens with one attached hydrogen (secondary N) is 1. The fourth-order valence-electron chi connectivity index (χ4n) is 8.57. The Bertz CT molecular complexity index is 725. The van der Waals surface area contributed by atoms with Crippen LogP contribution < -0.4 is 0 Å². The van der Waals surface area contributed by atoms with E-state index in [4.69, 9.17) is 5.41 Å². The normalized spacial score (nSPS) is 48.7. The molecule has 0 aromatic rings. The van der Waals surface area contributed by atoms with Crippen LogP contribution in [0.2, 0.25) is 0 Å². The van der Waals surface area contributed by atoms with Crippen molar-refractivity contribution in [2.45, 2.75) is 71.6 Å². The molecule has 0 heterocycles. The molecule has 5 fully saturated rings. The van der Waals surface area contributed by atoms with E-state index in [2.05, 4.69) is 39.2 Å². The fourth-order valence-corrected chi connectivity index (χ4v) is 8.57. The minimum Gasteiger partial charge on any atom is -0.305 e. The molecule has 1 nitrogen and oxygen atoms in total. The number of allylic oxidation sites excluding steroid dienone is 4. The lowest BCUT2D eigenvalue weighted by atomic mass is 9.47. The van der Waals surface area contributed by atoms with Crippen LogP contribution in [0.3, 0.4) is 0 Å². The SMILES string of the molecule is C=CC12CCC3C4CCC(=N)C=C4C4(CC4)CC3C1C1CC1C2C.C=CCC. The minimum absolute atomic E-state index is 0.480. The van der Waals surface area contributed by atoms with E-state index in [9.17, 15) is 0 Å². The summed E-state index contributed by atoms with van der Waals surface area (Å²) in [5, 5.41) is 8.20. The summed E-state index contributed by atoms with van der Waals surface area (Å²) in [4.78, 5) is 0. The van der Waals surface area contributed by atoms with Crippen LogP contribution in [0.15, 0.2) is 37.0 Å². The molecule has 0 aromatic heterocycles. The maximum atomic E-state index is 8.20. The smallest absolute Gasteiger partial charge is 0.0314 e. The Kier molecular flexibility index (Phi) is 4.35. The molecule has 1 spiro atoms. The monoisotopic (exact) mass is 377 g/mol. The van der Waals surface area contributed by atoms with E-state index in [-0.39, 0.29) is 0 Å². The summed E-state index contributed by atoms with van der Waals surface area (Å²) in [6.45, 7) is 12.5. The van der Waals surface area contributed by atoms with Crippen molar-refractivity contribution in [2.75, 3.05) is 0 Å². The second kappa shape index (κ2) is 6.44. The number of fused-ring (bicyclic) bond motifs is 8. The summed E-state index contributed by atoms with van der Waals surface area (Å²) in [7, 11) is 0. The van der Waals surface area contributed by atoms with Crippen molar-refractivity contribution in [3.63, 3.8) is 0 Å². The van der Waals surface area contributed by atoms with Crippen LogP contribution in [0.4, 0.5) is 0 Å². The van der Waals surface area contributed by atoms with Crippen LogP contribution in [-0.2, 0) is 0 Å². The number of hydrogen-bond donors (Lipinski definition) is 1. The molecule has 0 amide bonds. The Labute approximate surface area is 172 Å². The first kappa shape index (κ1) is 18.9. The van der Waals surface area contributed by atoms with Crippen molar-refractivity contribution in [2.24, 2.45) is 52.3 Å². The Morgan fingerprint density at radius 2 is 1.86 bits per heavy atom. The van der Waals surface area contributed by atoms with E-state index in [1.54, 1.807) is 5.57 Å². The summed E-state index contributed by atoms with van der Waals surface area (Å²) >= 11 is 0. The summed E-state index contributed by atoms with van der Waals surface area (Å²) in [5.41, 5.74) is 3.68. The molecule has 8 unspecified atom stereocenters. The Morgan fingerprint density at radius 3 is 2.50 bits per heavy atom. The Balaban J connectivity index is 0.000000393. The zero-order valence-electron chi connectivity index (χ0n) is 18.1. The van der Waals surface area contributed by atoms with Crippen LogP contribution in [0.5, 0.6) is 0 Å². The fraction of sp³-hybridized carbons (Fsp3) is 0.741. The molecule has 0 aliphatic heterocycles. The van der Waals surface area contributed by atoms with E-state index in [0.29, 0.717) is 10.8 Å². The molecule has 6 aliphatic rings. The first-order valence-corrected chi connectivity index (χ1v) is 12.1. The molecule has 1 heteroatoms. The molecule has 1 N–H and O–H groups in total. The van der Waals surface area contributed by atoms with Gasteiger partial charge in [-0.15, -0.1) is 13.2 Å². The lowest BCUT2D eigenvalue weighted by Crippen LogP contribution is -2.50. The maximum Gasteiger partial charge on any atom is 0.0314 e. The third-order valence-corrected chi connectivity index (χ3v) is 10.1. The average Bonchev–Trinajstić information content (AvgIpc) is 3.63. The average molecular weight is 378 g/mol. The maximum absolute atomic E-state index is 8.20. The van der Waals surface area contributed by atoms with E-state index in [1.807, 2.05) is 6.08 Å². The zero-order chi connectivity index (χ0) is 19.7. The van der Waals surface area contributed by atoms with Gasteiger partial charge in [0.05, 0.1) is 0 Å². The molecule has 6 aliphatic carbocycles. The van der Waals surface area contributed by atoms with Gasteiger partial charge in [-0.2, -0.15) is 0 Å². The molecular formula is C27H39N. The molecule has 8 atom stereocenters. The van der Waals surface area contributed by atoms with Crippen molar-refractivity contribution in [1.82, 2.24) is 0 Å². The lowest BCUT2D eigenvalue weighted by molar-refractivity contribution is -0.0319. The summed E-state index contributed by atoms with van der Waals surface area (Å²) in [6.07, 6.45) is 18.7. The molecule has 0 bridgehead atoms. The van der Waals surface area contributed by atoms with Crippen LogP contribution in [-0.4, -0.2) is 5.71 Å². The van der Waals surface area contributed by atoms with Crippen molar-refractivity contribution in [3.8, 4) is 0 Å². The van der Waals surface area contributed by atoms with E-state index in [0.717, 1.165) is 60.0 Å². The van der Waals surface area contributed by atoms with Gasteiger partial charge in [0.1, 0.15) is 0 Å². The highest BCUT2D eigenvalue weighted by molar-refractivity contribution is 5.94. The van der Waals surface area contributed by atoms with Gasteiger partial charge in [-0.05, 0) is 116 Å². The van der Waals surface area contributed by atoms with Crippen LogP contribution in [0, 0.1) is 57.7 Å². The van der Waals surface area contributed by atoms with Gasteiger partial charge in [-0.1, -0.05) is 31.6 Å². The highest BCUT2D eigenvalue weighted by Gasteiger charge is 2.70. The van der Waals surface area contributed by atoms with Gasteiger partial charge in [0.25, 0.3) is 0 Å². The molecule has 152 valence electrons. The van der Waals surface area contributed by atoms with Gasteiger partial charge in [-0.3, -0.25) is 0 Å². The van der Waals surface area contributed by atoms with Crippen molar-refractivity contribution >= 4 is 5.71 Å². The van der Waals surface area contributed by atoms with Crippen LogP contribution >= 0.6 is 0 Å².